The number of primary amides is 1. The van der Waals surface area contributed by atoms with Crippen molar-refractivity contribution in [3.63, 3.8) is 0 Å². The summed E-state index contributed by atoms with van der Waals surface area (Å²) in [5, 5.41) is 0. The van der Waals surface area contributed by atoms with E-state index in [1.165, 1.54) is 0 Å². The molecular weight excluding hydrogens is 340 g/mol. The highest BCUT2D eigenvalue weighted by atomic mass is 79.9. The first-order valence-corrected chi connectivity index (χ1v) is 7.45. The van der Waals surface area contributed by atoms with Crippen molar-refractivity contribution in [1.82, 2.24) is 9.97 Å². The van der Waals surface area contributed by atoms with E-state index in [0.717, 1.165) is 10.2 Å². The van der Waals surface area contributed by atoms with Gasteiger partial charge in [0.1, 0.15) is 10.1 Å². The third kappa shape index (κ3) is 3.55. The molecule has 0 unspecified atom stereocenters. The molecule has 0 aliphatic carbocycles. The third-order valence-corrected chi connectivity index (χ3v) is 4.53. The standard InChI is InChI=1S/C13H19BrN4O3/c1-8-9(14)10(20-3)17-12(16-8)18-6-4-13(2,5-7-18)21-11(15)19/h4-7H2,1-3H3,(H2,15,19). The van der Waals surface area contributed by atoms with Crippen LogP contribution in [0, 0.1) is 6.92 Å². The highest BCUT2D eigenvalue weighted by Crippen LogP contribution is 2.31. The first-order valence-electron chi connectivity index (χ1n) is 6.66. The van der Waals surface area contributed by atoms with Crippen molar-refractivity contribution in [3.05, 3.63) is 10.2 Å². The highest BCUT2D eigenvalue weighted by molar-refractivity contribution is 9.10. The fourth-order valence-electron chi connectivity index (χ4n) is 2.32. The van der Waals surface area contributed by atoms with Gasteiger partial charge in [-0.25, -0.2) is 9.78 Å². The van der Waals surface area contributed by atoms with Crippen molar-refractivity contribution in [2.75, 3.05) is 25.1 Å². The number of nitrogens with two attached hydrogens (primary N) is 1. The van der Waals surface area contributed by atoms with Crippen LogP contribution in [0.4, 0.5) is 10.7 Å². The molecule has 0 saturated carbocycles. The SMILES string of the molecule is COc1nc(N2CCC(C)(OC(N)=O)CC2)nc(C)c1Br. The van der Waals surface area contributed by atoms with Gasteiger partial charge in [-0.3, -0.25) is 0 Å². The molecular formula is C13H19BrN4O3. The number of nitrogens with zero attached hydrogens (tertiary/aromatic N) is 3. The molecule has 1 aliphatic heterocycles. The van der Waals surface area contributed by atoms with E-state index in [2.05, 4.69) is 25.9 Å². The summed E-state index contributed by atoms with van der Waals surface area (Å²) < 4.78 is 11.2. The predicted octanol–water partition coefficient (Wildman–Crippen LogP) is 2.01. The van der Waals surface area contributed by atoms with E-state index < -0.39 is 11.7 Å². The average Bonchev–Trinajstić information content (AvgIpc) is 2.41. The molecule has 2 N–H and O–H groups in total. The molecule has 7 nitrogen and oxygen atoms in total. The Morgan fingerprint density at radius 1 is 1.38 bits per heavy atom. The van der Waals surface area contributed by atoms with Crippen LogP contribution in [0.2, 0.25) is 0 Å². The molecule has 1 aromatic heterocycles. The van der Waals surface area contributed by atoms with Crippen molar-refractivity contribution in [3.8, 4) is 5.88 Å². The number of halogens is 1. The lowest BCUT2D eigenvalue weighted by Crippen LogP contribution is -2.46. The molecule has 1 amide bonds. The minimum Gasteiger partial charge on any atom is -0.480 e. The Hall–Kier alpha value is -1.57. The fraction of sp³-hybridized carbons (Fsp3) is 0.615. The molecule has 2 rings (SSSR count). The van der Waals surface area contributed by atoms with Crippen LogP contribution in [-0.2, 0) is 4.74 Å². The minimum absolute atomic E-state index is 0.513. The van der Waals surface area contributed by atoms with Gasteiger partial charge in [0.05, 0.1) is 12.8 Å². The number of rotatable bonds is 3. The van der Waals surface area contributed by atoms with Crippen LogP contribution in [0.1, 0.15) is 25.5 Å². The number of anilines is 1. The van der Waals surface area contributed by atoms with Crippen LogP contribution in [0.15, 0.2) is 4.47 Å². The monoisotopic (exact) mass is 358 g/mol. The van der Waals surface area contributed by atoms with Crippen molar-refractivity contribution >= 4 is 28.0 Å². The molecule has 0 bridgehead atoms. The van der Waals surface area contributed by atoms with E-state index in [0.29, 0.717) is 37.8 Å². The highest BCUT2D eigenvalue weighted by Gasteiger charge is 2.34. The van der Waals surface area contributed by atoms with Crippen LogP contribution in [0.3, 0.4) is 0 Å². The second kappa shape index (κ2) is 6.05. The molecule has 2 heterocycles. The molecule has 0 atom stereocenters. The van der Waals surface area contributed by atoms with Crippen LogP contribution < -0.4 is 15.4 Å². The van der Waals surface area contributed by atoms with Crippen molar-refractivity contribution < 1.29 is 14.3 Å². The number of hydrogen-bond acceptors (Lipinski definition) is 6. The van der Waals surface area contributed by atoms with Gasteiger partial charge in [-0.2, -0.15) is 4.98 Å². The number of carbonyl (C=O) groups excluding carboxylic acids is 1. The topological polar surface area (TPSA) is 90.6 Å². The average molecular weight is 359 g/mol. The van der Waals surface area contributed by atoms with E-state index in [9.17, 15) is 4.79 Å². The van der Waals surface area contributed by atoms with Gasteiger partial charge >= 0.3 is 6.09 Å². The van der Waals surface area contributed by atoms with E-state index in [4.69, 9.17) is 15.2 Å². The van der Waals surface area contributed by atoms with E-state index in [-0.39, 0.29) is 0 Å². The second-order valence-corrected chi connectivity index (χ2v) is 6.08. The van der Waals surface area contributed by atoms with E-state index >= 15 is 0 Å². The van der Waals surface area contributed by atoms with Crippen molar-refractivity contribution in [2.45, 2.75) is 32.3 Å². The van der Waals surface area contributed by atoms with Crippen LogP contribution >= 0.6 is 15.9 Å². The number of piperidine rings is 1. The molecule has 1 aliphatic rings. The van der Waals surface area contributed by atoms with Gasteiger partial charge in [-0.05, 0) is 29.8 Å². The predicted molar refractivity (Wildman–Crippen MR) is 81.5 cm³/mol. The summed E-state index contributed by atoms with van der Waals surface area (Å²) in [5.74, 6) is 1.13. The summed E-state index contributed by atoms with van der Waals surface area (Å²) >= 11 is 3.40. The van der Waals surface area contributed by atoms with Gasteiger partial charge in [0.2, 0.25) is 11.8 Å². The summed E-state index contributed by atoms with van der Waals surface area (Å²) in [6.45, 7) is 5.16. The van der Waals surface area contributed by atoms with Gasteiger partial charge in [0.15, 0.2) is 0 Å². The molecule has 0 aromatic carbocycles. The van der Waals surface area contributed by atoms with Gasteiger partial charge in [0, 0.05) is 25.9 Å². The Labute approximate surface area is 132 Å². The van der Waals surface area contributed by atoms with Gasteiger partial charge in [-0.1, -0.05) is 0 Å². The number of methoxy groups -OCH3 is 1. The molecule has 0 spiro atoms. The number of hydrogen-bond donors (Lipinski definition) is 1. The minimum atomic E-state index is -0.733. The Kier molecular flexibility index (Phi) is 4.55. The second-order valence-electron chi connectivity index (χ2n) is 5.29. The summed E-state index contributed by atoms with van der Waals surface area (Å²) in [7, 11) is 1.57. The summed E-state index contributed by atoms with van der Waals surface area (Å²) in [6.07, 6.45) is 0.622. The molecule has 1 fully saturated rings. The summed E-state index contributed by atoms with van der Waals surface area (Å²) in [5.41, 5.74) is 5.41. The maximum atomic E-state index is 10.9. The lowest BCUT2D eigenvalue weighted by molar-refractivity contribution is 0.0125. The number of amides is 1. The molecule has 8 heteroatoms. The molecule has 116 valence electrons. The normalized spacial score (nSPS) is 17.4. The quantitative estimate of drug-likeness (QED) is 0.888. The Bertz CT molecular complexity index is 544. The maximum absolute atomic E-state index is 10.9. The first kappa shape index (κ1) is 15.8. The van der Waals surface area contributed by atoms with E-state index in [1.54, 1.807) is 7.11 Å². The number of aryl methyl sites for hydroxylation is 1. The summed E-state index contributed by atoms with van der Waals surface area (Å²) in [4.78, 5) is 21.8. The van der Waals surface area contributed by atoms with Gasteiger partial charge in [-0.15, -0.1) is 0 Å². The lowest BCUT2D eigenvalue weighted by atomic mass is 9.93. The van der Waals surface area contributed by atoms with Crippen molar-refractivity contribution in [2.24, 2.45) is 5.73 Å². The van der Waals surface area contributed by atoms with Gasteiger partial charge < -0.3 is 20.1 Å². The Morgan fingerprint density at radius 2 is 2.00 bits per heavy atom. The molecule has 21 heavy (non-hydrogen) atoms. The number of ether oxygens (including phenoxy) is 2. The zero-order valence-corrected chi connectivity index (χ0v) is 13.9. The zero-order chi connectivity index (χ0) is 15.6. The van der Waals surface area contributed by atoms with Crippen LogP contribution in [0.5, 0.6) is 5.88 Å². The van der Waals surface area contributed by atoms with Crippen LogP contribution in [0.25, 0.3) is 0 Å². The smallest absolute Gasteiger partial charge is 0.405 e. The Morgan fingerprint density at radius 3 is 2.52 bits per heavy atom. The van der Waals surface area contributed by atoms with Crippen molar-refractivity contribution in [1.29, 1.82) is 0 Å². The van der Waals surface area contributed by atoms with E-state index in [1.807, 2.05) is 18.7 Å². The summed E-state index contributed by atoms with van der Waals surface area (Å²) in [6, 6.07) is 0. The molecule has 0 radical (unpaired) electrons. The largest absolute Gasteiger partial charge is 0.480 e. The van der Waals surface area contributed by atoms with Crippen LogP contribution in [-0.4, -0.2) is 41.9 Å². The first-order chi connectivity index (χ1) is 9.84. The third-order valence-electron chi connectivity index (χ3n) is 3.62. The Balaban J connectivity index is 2.12. The number of carbonyl (C=O) groups is 1. The molecule has 1 saturated heterocycles. The molecule has 1 aromatic rings. The maximum Gasteiger partial charge on any atom is 0.405 e. The zero-order valence-electron chi connectivity index (χ0n) is 12.4. The number of aromatic nitrogens is 2. The lowest BCUT2D eigenvalue weighted by Gasteiger charge is -2.38. The van der Waals surface area contributed by atoms with Gasteiger partial charge in [0.25, 0.3) is 0 Å². The fourth-order valence-corrected chi connectivity index (χ4v) is 2.66.